The Hall–Kier alpha value is -3.31. The lowest BCUT2D eigenvalue weighted by molar-refractivity contribution is 0.0947. The summed E-state index contributed by atoms with van der Waals surface area (Å²) in [6.45, 7) is 0.228. The van der Waals surface area contributed by atoms with Gasteiger partial charge in [-0.25, -0.2) is 0 Å². The largest absolute Gasteiger partial charge is 0.496 e. The number of carbonyl (C=O) groups is 1. The van der Waals surface area contributed by atoms with Crippen LogP contribution in [0.25, 0.3) is 22.1 Å². The Balaban J connectivity index is 1.49. The number of rotatable bonds is 5. The highest BCUT2D eigenvalue weighted by atomic mass is 35.5. The molecule has 1 heterocycles. The fourth-order valence-corrected chi connectivity index (χ4v) is 3.17. The predicted molar refractivity (Wildman–Crippen MR) is 109 cm³/mol. The van der Waals surface area contributed by atoms with Crippen LogP contribution >= 0.6 is 11.6 Å². The third kappa shape index (κ3) is 3.70. The molecule has 0 saturated carbocycles. The van der Waals surface area contributed by atoms with Crippen molar-refractivity contribution in [1.29, 1.82) is 0 Å². The summed E-state index contributed by atoms with van der Waals surface area (Å²) in [5, 5.41) is 9.61. The van der Waals surface area contributed by atoms with Gasteiger partial charge < -0.3 is 14.6 Å². The van der Waals surface area contributed by atoms with Crippen LogP contribution in [-0.4, -0.2) is 18.2 Å². The zero-order valence-corrected chi connectivity index (χ0v) is 15.9. The second kappa shape index (κ2) is 7.74. The maximum Gasteiger partial charge on any atom is 0.255 e. The summed E-state index contributed by atoms with van der Waals surface area (Å²) < 4.78 is 10.7. The van der Waals surface area contributed by atoms with Crippen LogP contribution in [0.1, 0.15) is 16.1 Å². The number of halogens is 1. The monoisotopic (exact) mass is 392 g/mol. The normalized spacial score (nSPS) is 10.8. The third-order valence-corrected chi connectivity index (χ3v) is 4.66. The van der Waals surface area contributed by atoms with Gasteiger partial charge in [-0.3, -0.25) is 4.79 Å². The minimum absolute atomic E-state index is 0.228. The van der Waals surface area contributed by atoms with Gasteiger partial charge in [0, 0.05) is 16.7 Å². The fourth-order valence-electron chi connectivity index (χ4n) is 3.00. The van der Waals surface area contributed by atoms with Gasteiger partial charge in [-0.05, 0) is 35.0 Å². The average Bonchev–Trinajstić information content (AvgIpc) is 3.20. The Kier molecular flexibility index (Phi) is 5.00. The summed E-state index contributed by atoms with van der Waals surface area (Å²) in [4.78, 5) is 12.5. The SMILES string of the molecule is COc1ccc(Cl)cc1C(=O)NCc1cc(-c2ccc3ccccc3c2)on1. The van der Waals surface area contributed by atoms with Gasteiger partial charge in [0.15, 0.2) is 5.76 Å². The number of carbonyl (C=O) groups excluding carboxylic acids is 1. The molecule has 0 spiro atoms. The van der Waals surface area contributed by atoms with Crippen LogP contribution in [0.15, 0.2) is 71.3 Å². The van der Waals surface area contributed by atoms with E-state index in [0.717, 1.165) is 16.3 Å². The standard InChI is InChI=1S/C22H17ClN2O3/c1-27-20-9-8-17(23)11-19(20)22(26)24-13-18-12-21(28-25-18)16-7-6-14-4-2-3-5-15(14)10-16/h2-12H,13H2,1H3,(H,24,26). The van der Waals surface area contributed by atoms with E-state index < -0.39 is 0 Å². The van der Waals surface area contributed by atoms with Gasteiger partial charge in [0.25, 0.3) is 5.91 Å². The second-order valence-electron chi connectivity index (χ2n) is 6.27. The van der Waals surface area contributed by atoms with E-state index in [4.69, 9.17) is 20.9 Å². The summed E-state index contributed by atoms with van der Waals surface area (Å²) in [7, 11) is 1.51. The summed E-state index contributed by atoms with van der Waals surface area (Å²) in [6, 6.07) is 20.9. The minimum Gasteiger partial charge on any atom is -0.496 e. The summed E-state index contributed by atoms with van der Waals surface area (Å²) in [6.07, 6.45) is 0. The molecule has 0 fully saturated rings. The lowest BCUT2D eigenvalue weighted by Gasteiger charge is -2.08. The maximum absolute atomic E-state index is 12.5. The topological polar surface area (TPSA) is 64.4 Å². The molecule has 5 nitrogen and oxygen atoms in total. The van der Waals surface area contributed by atoms with E-state index in [1.54, 1.807) is 18.2 Å². The van der Waals surface area contributed by atoms with E-state index >= 15 is 0 Å². The van der Waals surface area contributed by atoms with E-state index in [0.29, 0.717) is 27.8 Å². The van der Waals surface area contributed by atoms with Crippen LogP contribution in [0.5, 0.6) is 5.75 Å². The molecule has 0 aliphatic rings. The Morgan fingerprint density at radius 3 is 2.71 bits per heavy atom. The minimum atomic E-state index is -0.297. The van der Waals surface area contributed by atoms with Crippen molar-refractivity contribution in [3.8, 4) is 17.1 Å². The number of hydrogen-bond acceptors (Lipinski definition) is 4. The van der Waals surface area contributed by atoms with E-state index in [9.17, 15) is 4.79 Å². The number of nitrogens with zero attached hydrogens (tertiary/aromatic N) is 1. The average molecular weight is 393 g/mol. The summed E-state index contributed by atoms with van der Waals surface area (Å²) in [5.41, 5.74) is 1.92. The highest BCUT2D eigenvalue weighted by molar-refractivity contribution is 6.31. The van der Waals surface area contributed by atoms with E-state index in [2.05, 4.69) is 28.7 Å². The molecule has 1 N–H and O–H groups in total. The van der Waals surface area contributed by atoms with E-state index in [1.165, 1.54) is 7.11 Å². The lowest BCUT2D eigenvalue weighted by Crippen LogP contribution is -2.23. The molecule has 6 heteroatoms. The molecule has 0 aliphatic carbocycles. The molecule has 0 aliphatic heterocycles. The van der Waals surface area contributed by atoms with Crippen molar-refractivity contribution < 1.29 is 14.1 Å². The number of benzene rings is 3. The fraction of sp³-hybridized carbons (Fsp3) is 0.0909. The Labute approximate surface area is 166 Å². The van der Waals surface area contributed by atoms with E-state index in [1.807, 2.05) is 30.3 Å². The van der Waals surface area contributed by atoms with Crippen LogP contribution < -0.4 is 10.1 Å². The van der Waals surface area contributed by atoms with Crippen LogP contribution in [-0.2, 0) is 6.54 Å². The van der Waals surface area contributed by atoms with Crippen molar-refractivity contribution in [2.45, 2.75) is 6.54 Å². The molecule has 0 atom stereocenters. The lowest BCUT2D eigenvalue weighted by atomic mass is 10.1. The molecule has 0 bridgehead atoms. The Morgan fingerprint density at radius 2 is 1.89 bits per heavy atom. The molecule has 3 aromatic carbocycles. The Bertz CT molecular complexity index is 1150. The van der Waals surface area contributed by atoms with Crippen LogP contribution in [0, 0.1) is 0 Å². The highest BCUT2D eigenvalue weighted by Crippen LogP contribution is 2.25. The van der Waals surface area contributed by atoms with Crippen molar-refractivity contribution in [2.75, 3.05) is 7.11 Å². The third-order valence-electron chi connectivity index (χ3n) is 4.43. The number of ether oxygens (including phenoxy) is 1. The number of hydrogen-bond donors (Lipinski definition) is 1. The maximum atomic E-state index is 12.5. The van der Waals surface area contributed by atoms with Gasteiger partial charge in [-0.15, -0.1) is 0 Å². The van der Waals surface area contributed by atoms with Crippen molar-refractivity contribution in [2.24, 2.45) is 0 Å². The summed E-state index contributed by atoms with van der Waals surface area (Å²) in [5.74, 6) is 0.809. The van der Waals surface area contributed by atoms with Crippen molar-refractivity contribution in [1.82, 2.24) is 10.5 Å². The van der Waals surface area contributed by atoms with Gasteiger partial charge in [0.2, 0.25) is 0 Å². The Morgan fingerprint density at radius 1 is 1.07 bits per heavy atom. The first kappa shape index (κ1) is 18.1. The smallest absolute Gasteiger partial charge is 0.255 e. The zero-order valence-electron chi connectivity index (χ0n) is 15.1. The van der Waals surface area contributed by atoms with Crippen molar-refractivity contribution in [3.05, 3.63) is 83.0 Å². The predicted octanol–water partition coefficient (Wildman–Crippen LogP) is 5.09. The molecule has 0 unspecified atom stereocenters. The first-order valence-corrected chi connectivity index (χ1v) is 9.08. The van der Waals surface area contributed by atoms with Crippen molar-refractivity contribution in [3.63, 3.8) is 0 Å². The molecule has 28 heavy (non-hydrogen) atoms. The van der Waals surface area contributed by atoms with E-state index in [-0.39, 0.29) is 12.5 Å². The second-order valence-corrected chi connectivity index (χ2v) is 6.71. The molecular weight excluding hydrogens is 376 g/mol. The quantitative estimate of drug-likeness (QED) is 0.514. The number of aromatic nitrogens is 1. The number of fused-ring (bicyclic) bond motifs is 1. The van der Waals surface area contributed by atoms with Crippen LogP contribution in [0.4, 0.5) is 0 Å². The molecule has 4 rings (SSSR count). The van der Waals surface area contributed by atoms with Crippen LogP contribution in [0.2, 0.25) is 5.02 Å². The number of amides is 1. The van der Waals surface area contributed by atoms with Crippen LogP contribution in [0.3, 0.4) is 0 Å². The molecular formula is C22H17ClN2O3. The van der Waals surface area contributed by atoms with Gasteiger partial charge in [0.1, 0.15) is 11.4 Å². The molecule has 0 radical (unpaired) electrons. The first-order chi connectivity index (χ1) is 13.6. The molecule has 140 valence electrons. The first-order valence-electron chi connectivity index (χ1n) is 8.70. The van der Waals surface area contributed by atoms with Gasteiger partial charge in [0.05, 0.1) is 19.2 Å². The molecule has 1 aromatic heterocycles. The zero-order chi connectivity index (χ0) is 19.5. The summed E-state index contributed by atoms with van der Waals surface area (Å²) >= 11 is 5.98. The molecule has 4 aromatic rings. The van der Waals surface area contributed by atoms with Gasteiger partial charge in [-0.2, -0.15) is 0 Å². The van der Waals surface area contributed by atoms with Crippen molar-refractivity contribution >= 4 is 28.3 Å². The molecule has 1 amide bonds. The van der Waals surface area contributed by atoms with Gasteiger partial charge >= 0.3 is 0 Å². The highest BCUT2D eigenvalue weighted by Gasteiger charge is 2.14. The molecule has 0 saturated heterocycles. The number of methoxy groups -OCH3 is 1. The number of nitrogens with one attached hydrogen (secondary N) is 1. The van der Waals surface area contributed by atoms with Gasteiger partial charge in [-0.1, -0.05) is 53.2 Å².